The van der Waals surface area contributed by atoms with Crippen molar-refractivity contribution in [1.82, 2.24) is 9.80 Å². The van der Waals surface area contributed by atoms with E-state index in [4.69, 9.17) is 0 Å². The molecule has 1 aliphatic rings. The van der Waals surface area contributed by atoms with E-state index in [1.807, 2.05) is 49.3 Å². The van der Waals surface area contributed by atoms with Crippen LogP contribution in [0.1, 0.15) is 31.7 Å². The Hall–Kier alpha value is -1.68. The van der Waals surface area contributed by atoms with Crippen molar-refractivity contribution in [1.29, 1.82) is 0 Å². The zero-order chi connectivity index (χ0) is 15.5. The monoisotopic (exact) mass is 288 g/mol. The van der Waals surface area contributed by atoms with E-state index in [9.17, 15) is 9.59 Å². The summed E-state index contributed by atoms with van der Waals surface area (Å²) < 4.78 is 0. The molecular weight excluding hydrogens is 264 g/mol. The van der Waals surface area contributed by atoms with Crippen LogP contribution < -0.4 is 0 Å². The van der Waals surface area contributed by atoms with Gasteiger partial charge in [0.15, 0.2) is 0 Å². The zero-order valence-corrected chi connectivity index (χ0v) is 13.1. The molecule has 4 nitrogen and oxygen atoms in total. The van der Waals surface area contributed by atoms with Gasteiger partial charge < -0.3 is 4.90 Å². The van der Waals surface area contributed by atoms with Gasteiger partial charge in [-0.05, 0) is 26.1 Å². The highest BCUT2D eigenvalue weighted by Gasteiger charge is 2.51. The van der Waals surface area contributed by atoms with Crippen molar-refractivity contribution in [2.45, 2.75) is 31.6 Å². The van der Waals surface area contributed by atoms with Crippen molar-refractivity contribution in [3.05, 3.63) is 35.9 Å². The fraction of sp³-hybridized carbons (Fsp3) is 0.529. The highest BCUT2D eigenvalue weighted by atomic mass is 16.2. The van der Waals surface area contributed by atoms with Gasteiger partial charge >= 0.3 is 0 Å². The summed E-state index contributed by atoms with van der Waals surface area (Å²) in [6, 6.07) is 9.75. The third kappa shape index (κ3) is 3.00. The van der Waals surface area contributed by atoms with Gasteiger partial charge in [0.1, 0.15) is 0 Å². The molecule has 114 valence electrons. The van der Waals surface area contributed by atoms with E-state index >= 15 is 0 Å². The number of benzene rings is 1. The molecule has 1 fully saturated rings. The number of carbonyl (C=O) groups excluding carboxylic acids is 2. The third-order valence-electron chi connectivity index (χ3n) is 4.18. The number of imide groups is 1. The van der Waals surface area contributed by atoms with E-state index in [1.165, 1.54) is 4.90 Å². The first-order valence-electron chi connectivity index (χ1n) is 7.56. The maximum atomic E-state index is 12.9. The molecule has 0 radical (unpaired) electrons. The number of likely N-dealkylation sites (tertiary alicyclic amines) is 1. The number of likely N-dealkylation sites (N-methyl/N-ethyl adjacent to an activating group) is 1. The first kappa shape index (κ1) is 15.7. The smallest absolute Gasteiger partial charge is 0.240 e. The van der Waals surface area contributed by atoms with E-state index in [1.54, 1.807) is 0 Å². The predicted molar refractivity (Wildman–Crippen MR) is 82.9 cm³/mol. The Morgan fingerprint density at radius 3 is 2.43 bits per heavy atom. The van der Waals surface area contributed by atoms with Gasteiger partial charge in [-0.25, -0.2) is 0 Å². The lowest BCUT2D eigenvalue weighted by atomic mass is 9.75. The van der Waals surface area contributed by atoms with Crippen molar-refractivity contribution in [3.63, 3.8) is 0 Å². The lowest BCUT2D eigenvalue weighted by Crippen LogP contribution is -2.41. The molecule has 21 heavy (non-hydrogen) atoms. The topological polar surface area (TPSA) is 40.6 Å². The van der Waals surface area contributed by atoms with Gasteiger partial charge in [-0.2, -0.15) is 0 Å². The first-order chi connectivity index (χ1) is 10.0. The molecule has 0 aliphatic carbocycles. The Bertz CT molecular complexity index is 513. The molecular formula is C17H24N2O2. The molecule has 0 bridgehead atoms. The number of amides is 2. The standard InChI is InChI=1S/C17H24N2O2/c1-4-10-17(14-8-6-5-7-9-14)13-15(20)19(16(17)21)12-11-18(2)3/h5-9H,4,10-13H2,1-3H3. The normalized spacial score (nSPS) is 22.4. The second kappa shape index (κ2) is 6.39. The van der Waals surface area contributed by atoms with E-state index in [0.29, 0.717) is 19.5 Å². The summed E-state index contributed by atoms with van der Waals surface area (Å²) in [6.07, 6.45) is 1.91. The third-order valence-corrected chi connectivity index (χ3v) is 4.18. The maximum absolute atomic E-state index is 12.9. The van der Waals surface area contributed by atoms with Gasteiger partial charge in [0, 0.05) is 19.5 Å². The Morgan fingerprint density at radius 1 is 1.19 bits per heavy atom. The van der Waals surface area contributed by atoms with E-state index in [0.717, 1.165) is 18.4 Å². The Morgan fingerprint density at radius 2 is 1.86 bits per heavy atom. The predicted octanol–water partition coefficient (Wildman–Crippen LogP) is 2.04. The number of carbonyl (C=O) groups is 2. The molecule has 1 atom stereocenters. The molecule has 1 heterocycles. The summed E-state index contributed by atoms with van der Waals surface area (Å²) in [7, 11) is 3.89. The van der Waals surface area contributed by atoms with E-state index in [-0.39, 0.29) is 11.8 Å². The van der Waals surface area contributed by atoms with Crippen molar-refractivity contribution >= 4 is 11.8 Å². The largest absolute Gasteiger partial charge is 0.308 e. The molecule has 1 unspecified atom stereocenters. The summed E-state index contributed by atoms with van der Waals surface area (Å²) >= 11 is 0. The summed E-state index contributed by atoms with van der Waals surface area (Å²) in [5, 5.41) is 0. The van der Waals surface area contributed by atoms with Gasteiger partial charge in [0.2, 0.25) is 11.8 Å². The van der Waals surface area contributed by atoms with Crippen molar-refractivity contribution in [2.75, 3.05) is 27.2 Å². The van der Waals surface area contributed by atoms with Crippen molar-refractivity contribution in [3.8, 4) is 0 Å². The Labute approximate surface area is 126 Å². The van der Waals surface area contributed by atoms with Gasteiger partial charge in [0.25, 0.3) is 0 Å². The molecule has 1 aliphatic heterocycles. The second-order valence-electron chi connectivity index (χ2n) is 6.03. The lowest BCUT2D eigenvalue weighted by molar-refractivity contribution is -0.140. The summed E-state index contributed by atoms with van der Waals surface area (Å²) in [5.41, 5.74) is 0.317. The van der Waals surface area contributed by atoms with Crippen LogP contribution in [0.25, 0.3) is 0 Å². The van der Waals surface area contributed by atoms with Crippen LogP contribution in [-0.2, 0) is 15.0 Å². The highest BCUT2D eigenvalue weighted by Crippen LogP contribution is 2.40. The number of rotatable bonds is 6. The maximum Gasteiger partial charge on any atom is 0.240 e. The number of hydrogen-bond donors (Lipinski definition) is 0. The summed E-state index contributed by atoms with van der Waals surface area (Å²) in [4.78, 5) is 28.7. The molecule has 0 spiro atoms. The van der Waals surface area contributed by atoms with Crippen LogP contribution in [0.3, 0.4) is 0 Å². The van der Waals surface area contributed by atoms with Gasteiger partial charge in [-0.1, -0.05) is 43.7 Å². The molecule has 2 amide bonds. The fourth-order valence-electron chi connectivity index (χ4n) is 3.08. The highest BCUT2D eigenvalue weighted by molar-refractivity contribution is 6.09. The minimum absolute atomic E-state index is 0.0256. The van der Waals surface area contributed by atoms with Crippen LogP contribution >= 0.6 is 0 Å². The van der Waals surface area contributed by atoms with Crippen molar-refractivity contribution < 1.29 is 9.59 Å². The second-order valence-corrected chi connectivity index (χ2v) is 6.03. The molecule has 0 aromatic heterocycles. The molecule has 4 heteroatoms. The molecule has 0 N–H and O–H groups in total. The van der Waals surface area contributed by atoms with Crippen LogP contribution in [0.5, 0.6) is 0 Å². The summed E-state index contributed by atoms with van der Waals surface area (Å²) in [6.45, 7) is 3.24. The first-order valence-corrected chi connectivity index (χ1v) is 7.56. The van der Waals surface area contributed by atoms with Crippen LogP contribution in [0.2, 0.25) is 0 Å². The van der Waals surface area contributed by atoms with Crippen LogP contribution in [0.4, 0.5) is 0 Å². The lowest BCUT2D eigenvalue weighted by Gasteiger charge is -2.27. The van der Waals surface area contributed by atoms with Crippen molar-refractivity contribution in [2.24, 2.45) is 0 Å². The quantitative estimate of drug-likeness (QED) is 0.752. The Kier molecular flexibility index (Phi) is 4.78. The summed E-state index contributed by atoms with van der Waals surface area (Å²) in [5.74, 6) is -0.0680. The Balaban J connectivity index is 2.31. The minimum atomic E-state index is -0.653. The van der Waals surface area contributed by atoms with E-state index in [2.05, 4.69) is 6.92 Å². The average molecular weight is 288 g/mol. The SMILES string of the molecule is CCCC1(c2ccccc2)CC(=O)N(CCN(C)C)C1=O. The van der Waals surface area contributed by atoms with Crippen LogP contribution in [-0.4, -0.2) is 48.8 Å². The molecule has 1 aromatic rings. The van der Waals surface area contributed by atoms with Gasteiger partial charge in [0.05, 0.1) is 5.41 Å². The molecule has 0 saturated carbocycles. The van der Waals surface area contributed by atoms with Crippen LogP contribution in [0.15, 0.2) is 30.3 Å². The zero-order valence-electron chi connectivity index (χ0n) is 13.1. The molecule has 2 rings (SSSR count). The molecule has 1 saturated heterocycles. The minimum Gasteiger partial charge on any atom is -0.308 e. The van der Waals surface area contributed by atoms with E-state index < -0.39 is 5.41 Å². The fourth-order valence-corrected chi connectivity index (χ4v) is 3.08. The molecule has 1 aromatic carbocycles. The number of hydrogen-bond acceptors (Lipinski definition) is 3. The van der Waals surface area contributed by atoms with Crippen LogP contribution in [0, 0.1) is 0 Å². The van der Waals surface area contributed by atoms with Gasteiger partial charge in [-0.15, -0.1) is 0 Å². The van der Waals surface area contributed by atoms with Gasteiger partial charge in [-0.3, -0.25) is 14.5 Å². The average Bonchev–Trinajstić information content (AvgIpc) is 2.70. The number of nitrogens with zero attached hydrogens (tertiary/aromatic N) is 2.